The van der Waals surface area contributed by atoms with Crippen LogP contribution in [-0.4, -0.2) is 18.2 Å². The molecule has 1 aromatic rings. The zero-order chi connectivity index (χ0) is 14.0. The fourth-order valence-corrected chi connectivity index (χ4v) is 3.73. The summed E-state index contributed by atoms with van der Waals surface area (Å²) in [6, 6.07) is 6.31. The van der Waals surface area contributed by atoms with Crippen LogP contribution in [0.5, 0.6) is 0 Å². The van der Waals surface area contributed by atoms with Crippen LogP contribution in [0.3, 0.4) is 0 Å². The van der Waals surface area contributed by atoms with E-state index in [-0.39, 0.29) is 0 Å². The van der Waals surface area contributed by atoms with Gasteiger partial charge in [0.1, 0.15) is 0 Å². The van der Waals surface area contributed by atoms with E-state index in [1.54, 1.807) is 6.92 Å². The summed E-state index contributed by atoms with van der Waals surface area (Å²) in [6.45, 7) is 8.70. The lowest BCUT2D eigenvalue weighted by molar-refractivity contribution is 0.198. The van der Waals surface area contributed by atoms with Crippen molar-refractivity contribution < 1.29 is 5.11 Å². The predicted molar refractivity (Wildman–Crippen MR) is 84.6 cm³/mol. The summed E-state index contributed by atoms with van der Waals surface area (Å²) >= 11 is 3.57. The quantitative estimate of drug-likeness (QED) is 0.879. The molecule has 0 radical (unpaired) electrons. The molecule has 0 saturated carbocycles. The van der Waals surface area contributed by atoms with Crippen molar-refractivity contribution in [2.24, 2.45) is 5.41 Å². The topological polar surface area (TPSA) is 23.5 Å². The Morgan fingerprint density at radius 2 is 2.05 bits per heavy atom. The Bertz CT molecular complexity index is 440. The summed E-state index contributed by atoms with van der Waals surface area (Å²) in [6.07, 6.45) is 3.38. The predicted octanol–water partition coefficient (Wildman–Crippen LogP) is 4.52. The van der Waals surface area contributed by atoms with Gasteiger partial charge in [0, 0.05) is 23.2 Å². The van der Waals surface area contributed by atoms with Gasteiger partial charge in [-0.25, -0.2) is 0 Å². The van der Waals surface area contributed by atoms with E-state index >= 15 is 0 Å². The first-order valence-electron chi connectivity index (χ1n) is 7.24. The number of anilines is 1. The van der Waals surface area contributed by atoms with Crippen molar-refractivity contribution in [1.82, 2.24) is 0 Å². The maximum absolute atomic E-state index is 9.68. The van der Waals surface area contributed by atoms with Crippen LogP contribution in [0.25, 0.3) is 0 Å². The molecule has 1 aliphatic heterocycles. The third-order valence-corrected chi connectivity index (χ3v) is 5.42. The molecule has 0 unspecified atom stereocenters. The lowest BCUT2D eigenvalue weighted by Crippen LogP contribution is -2.26. The standard InChI is InChI=1S/C16H24BrNO/c1-4-16(5-2)8-9-18(11-16)13-6-7-14(12(3)19)15(17)10-13/h6-7,10,12,19H,4-5,8-9,11H2,1-3H3/t12-/m1/s1. The number of halogens is 1. The Labute approximate surface area is 124 Å². The van der Waals surface area contributed by atoms with Gasteiger partial charge in [-0.1, -0.05) is 35.8 Å². The number of hydrogen-bond acceptors (Lipinski definition) is 2. The molecule has 106 valence electrons. The maximum atomic E-state index is 9.68. The second-order valence-corrected chi connectivity index (χ2v) is 6.61. The molecule has 0 aromatic heterocycles. The summed E-state index contributed by atoms with van der Waals surface area (Å²) in [5, 5.41) is 9.68. The third-order valence-electron chi connectivity index (χ3n) is 4.74. The van der Waals surface area contributed by atoms with E-state index < -0.39 is 6.10 Å². The van der Waals surface area contributed by atoms with Crippen molar-refractivity contribution in [2.75, 3.05) is 18.0 Å². The van der Waals surface area contributed by atoms with Gasteiger partial charge in [0.25, 0.3) is 0 Å². The molecule has 1 saturated heterocycles. The summed E-state index contributed by atoms with van der Waals surface area (Å²) in [4.78, 5) is 2.48. The average molecular weight is 326 g/mol. The van der Waals surface area contributed by atoms with Crippen LogP contribution in [0.15, 0.2) is 22.7 Å². The van der Waals surface area contributed by atoms with Gasteiger partial charge in [-0.2, -0.15) is 0 Å². The Hall–Kier alpha value is -0.540. The molecule has 0 bridgehead atoms. The fourth-order valence-electron chi connectivity index (χ4n) is 3.03. The normalized spacial score (nSPS) is 19.7. The van der Waals surface area contributed by atoms with Gasteiger partial charge < -0.3 is 10.0 Å². The van der Waals surface area contributed by atoms with E-state index in [0.717, 1.165) is 23.1 Å². The van der Waals surface area contributed by atoms with Crippen LogP contribution in [0, 0.1) is 5.41 Å². The van der Waals surface area contributed by atoms with E-state index in [1.165, 1.54) is 24.9 Å². The molecule has 2 rings (SSSR count). The minimum absolute atomic E-state index is 0.424. The van der Waals surface area contributed by atoms with Crippen LogP contribution in [0.2, 0.25) is 0 Å². The Kier molecular flexibility index (Phi) is 4.57. The van der Waals surface area contributed by atoms with Gasteiger partial charge in [-0.05, 0) is 49.3 Å². The van der Waals surface area contributed by atoms with Crippen molar-refractivity contribution in [3.8, 4) is 0 Å². The fraction of sp³-hybridized carbons (Fsp3) is 0.625. The number of benzene rings is 1. The Balaban J connectivity index is 2.18. The van der Waals surface area contributed by atoms with Crippen molar-refractivity contribution >= 4 is 21.6 Å². The third kappa shape index (κ3) is 2.97. The van der Waals surface area contributed by atoms with Crippen molar-refractivity contribution in [1.29, 1.82) is 0 Å². The number of hydrogen-bond donors (Lipinski definition) is 1. The highest BCUT2D eigenvalue weighted by Gasteiger charge is 2.35. The highest BCUT2D eigenvalue weighted by atomic mass is 79.9. The smallest absolute Gasteiger partial charge is 0.0772 e. The summed E-state index contributed by atoms with van der Waals surface area (Å²) < 4.78 is 1.01. The molecule has 3 heteroatoms. The van der Waals surface area contributed by atoms with E-state index in [0.29, 0.717) is 5.41 Å². The molecule has 1 heterocycles. The van der Waals surface area contributed by atoms with Crippen LogP contribution in [0.1, 0.15) is 51.7 Å². The first-order chi connectivity index (χ1) is 9.01. The van der Waals surface area contributed by atoms with E-state index in [2.05, 4.69) is 46.8 Å². The van der Waals surface area contributed by atoms with Crippen molar-refractivity contribution in [2.45, 2.75) is 46.1 Å². The molecule has 1 fully saturated rings. The van der Waals surface area contributed by atoms with Crippen molar-refractivity contribution in [3.05, 3.63) is 28.2 Å². The molecular formula is C16H24BrNO. The van der Waals surface area contributed by atoms with Gasteiger partial charge in [0.05, 0.1) is 6.10 Å². The highest BCUT2D eigenvalue weighted by molar-refractivity contribution is 9.10. The van der Waals surface area contributed by atoms with E-state index in [9.17, 15) is 5.11 Å². The largest absolute Gasteiger partial charge is 0.389 e. The second-order valence-electron chi connectivity index (χ2n) is 5.76. The van der Waals surface area contributed by atoms with Gasteiger partial charge in [-0.15, -0.1) is 0 Å². The first-order valence-corrected chi connectivity index (χ1v) is 8.03. The van der Waals surface area contributed by atoms with Crippen LogP contribution >= 0.6 is 15.9 Å². The zero-order valence-electron chi connectivity index (χ0n) is 12.1. The minimum atomic E-state index is -0.424. The molecule has 0 spiro atoms. The van der Waals surface area contributed by atoms with Crippen LogP contribution in [0.4, 0.5) is 5.69 Å². The lowest BCUT2D eigenvalue weighted by atomic mass is 9.82. The lowest BCUT2D eigenvalue weighted by Gasteiger charge is -2.27. The molecular weight excluding hydrogens is 302 g/mol. The van der Waals surface area contributed by atoms with Gasteiger partial charge in [0.2, 0.25) is 0 Å². The number of rotatable bonds is 4. The maximum Gasteiger partial charge on any atom is 0.0772 e. The van der Waals surface area contributed by atoms with Crippen LogP contribution in [-0.2, 0) is 0 Å². The summed E-state index contributed by atoms with van der Waals surface area (Å²) in [5.74, 6) is 0. The molecule has 0 aliphatic carbocycles. The first kappa shape index (κ1) is 14.9. The van der Waals surface area contributed by atoms with E-state index in [1.807, 2.05) is 6.07 Å². The van der Waals surface area contributed by atoms with Gasteiger partial charge in [0.15, 0.2) is 0 Å². The second kappa shape index (κ2) is 5.84. The van der Waals surface area contributed by atoms with Gasteiger partial charge >= 0.3 is 0 Å². The minimum Gasteiger partial charge on any atom is -0.389 e. The molecule has 2 nitrogen and oxygen atoms in total. The van der Waals surface area contributed by atoms with Crippen molar-refractivity contribution in [3.63, 3.8) is 0 Å². The molecule has 1 aliphatic rings. The number of aliphatic hydroxyl groups excluding tert-OH is 1. The molecule has 1 aromatic carbocycles. The molecule has 1 N–H and O–H groups in total. The van der Waals surface area contributed by atoms with Gasteiger partial charge in [-0.3, -0.25) is 0 Å². The Morgan fingerprint density at radius 1 is 1.37 bits per heavy atom. The molecule has 0 amide bonds. The number of nitrogens with zero attached hydrogens (tertiary/aromatic N) is 1. The zero-order valence-corrected chi connectivity index (χ0v) is 13.7. The molecule has 19 heavy (non-hydrogen) atoms. The summed E-state index contributed by atoms with van der Waals surface area (Å²) in [5.41, 5.74) is 2.72. The van der Waals surface area contributed by atoms with E-state index in [4.69, 9.17) is 0 Å². The molecule has 1 atom stereocenters. The monoisotopic (exact) mass is 325 g/mol. The summed E-state index contributed by atoms with van der Waals surface area (Å²) in [7, 11) is 0. The number of aliphatic hydroxyl groups is 1. The SMILES string of the molecule is CCC1(CC)CCN(c2ccc([C@@H](C)O)c(Br)c2)C1. The van der Waals surface area contributed by atoms with Crippen LogP contribution < -0.4 is 4.90 Å². The highest BCUT2D eigenvalue weighted by Crippen LogP contribution is 2.40. The average Bonchev–Trinajstić information content (AvgIpc) is 2.83. The Morgan fingerprint density at radius 3 is 2.53 bits per heavy atom.